The number of benzene rings is 4. The van der Waals surface area contributed by atoms with Crippen LogP contribution in [-0.2, 0) is 32.6 Å². The standard InChI is InChI=1S/C33H33BrClN3O4S/c1-24(2)36-33(40)31(21-25-11-5-3-6-12-25)37(22-26-17-19-27(34)20-18-26)32(39)23-38(30-16-10-9-15-29(30)35)43(41,42)28-13-7-4-8-14-28/h3-20,24,31H,21-23H2,1-2H3,(H,36,40). The van der Waals surface area contributed by atoms with Crippen LogP contribution in [0.4, 0.5) is 5.69 Å². The first-order valence-electron chi connectivity index (χ1n) is 13.8. The van der Waals surface area contributed by atoms with Gasteiger partial charge >= 0.3 is 0 Å². The fourth-order valence-electron chi connectivity index (χ4n) is 4.61. The maximum absolute atomic E-state index is 14.4. The number of rotatable bonds is 12. The molecule has 224 valence electrons. The van der Waals surface area contributed by atoms with Crippen molar-refractivity contribution in [2.45, 2.75) is 43.8 Å². The molecule has 0 saturated heterocycles. The highest BCUT2D eigenvalue weighted by atomic mass is 79.9. The average molecular weight is 683 g/mol. The van der Waals surface area contributed by atoms with Crippen molar-refractivity contribution in [2.24, 2.45) is 0 Å². The Hall–Kier alpha value is -3.66. The number of sulfonamides is 1. The Bertz CT molecular complexity index is 1640. The maximum atomic E-state index is 14.4. The van der Waals surface area contributed by atoms with Gasteiger partial charge in [0.2, 0.25) is 11.8 Å². The Balaban J connectivity index is 1.80. The zero-order valence-corrected chi connectivity index (χ0v) is 27.0. The van der Waals surface area contributed by atoms with Crippen LogP contribution in [0.25, 0.3) is 0 Å². The molecule has 2 amide bonds. The molecule has 0 aliphatic rings. The Morgan fingerprint density at radius 1 is 0.814 bits per heavy atom. The molecule has 10 heteroatoms. The molecule has 43 heavy (non-hydrogen) atoms. The fourth-order valence-corrected chi connectivity index (χ4v) is 6.61. The molecule has 7 nitrogen and oxygen atoms in total. The van der Waals surface area contributed by atoms with Crippen LogP contribution in [0, 0.1) is 0 Å². The number of hydrogen-bond acceptors (Lipinski definition) is 4. The predicted molar refractivity (Wildman–Crippen MR) is 174 cm³/mol. The number of hydrogen-bond donors (Lipinski definition) is 1. The lowest BCUT2D eigenvalue weighted by molar-refractivity contribution is -0.140. The number of carbonyl (C=O) groups is 2. The summed E-state index contributed by atoms with van der Waals surface area (Å²) in [5.41, 5.74) is 1.80. The van der Waals surface area contributed by atoms with Crippen molar-refractivity contribution in [3.63, 3.8) is 0 Å². The normalized spacial score (nSPS) is 12.0. The van der Waals surface area contributed by atoms with Crippen LogP contribution in [0.2, 0.25) is 5.02 Å². The molecule has 0 bridgehead atoms. The Morgan fingerprint density at radius 3 is 2.00 bits per heavy atom. The number of nitrogens with one attached hydrogen (secondary N) is 1. The van der Waals surface area contributed by atoms with Crippen molar-refractivity contribution in [1.82, 2.24) is 10.2 Å². The first-order chi connectivity index (χ1) is 20.6. The van der Waals surface area contributed by atoms with Crippen LogP contribution < -0.4 is 9.62 Å². The van der Waals surface area contributed by atoms with E-state index in [9.17, 15) is 18.0 Å². The molecule has 4 rings (SSSR count). The quantitative estimate of drug-likeness (QED) is 0.186. The van der Waals surface area contributed by atoms with Crippen molar-refractivity contribution < 1.29 is 18.0 Å². The summed E-state index contributed by atoms with van der Waals surface area (Å²) < 4.78 is 29.9. The number of anilines is 1. The number of amides is 2. The van der Waals surface area contributed by atoms with Gasteiger partial charge in [-0.05, 0) is 61.4 Å². The van der Waals surface area contributed by atoms with E-state index in [0.29, 0.717) is 0 Å². The van der Waals surface area contributed by atoms with E-state index in [1.807, 2.05) is 68.4 Å². The summed E-state index contributed by atoms with van der Waals surface area (Å²) in [7, 11) is -4.21. The highest BCUT2D eigenvalue weighted by molar-refractivity contribution is 9.10. The van der Waals surface area contributed by atoms with Gasteiger partial charge in [-0.15, -0.1) is 0 Å². The average Bonchev–Trinajstić information content (AvgIpc) is 2.99. The minimum atomic E-state index is -4.21. The highest BCUT2D eigenvalue weighted by Crippen LogP contribution is 2.31. The van der Waals surface area contributed by atoms with Gasteiger partial charge in [0.15, 0.2) is 0 Å². The lowest BCUT2D eigenvalue weighted by atomic mass is 10.0. The first kappa shape index (κ1) is 32.3. The summed E-state index contributed by atoms with van der Waals surface area (Å²) >= 11 is 9.94. The number of halogens is 2. The monoisotopic (exact) mass is 681 g/mol. The van der Waals surface area contributed by atoms with Crippen LogP contribution in [-0.4, -0.2) is 43.8 Å². The van der Waals surface area contributed by atoms with E-state index in [2.05, 4.69) is 21.2 Å². The van der Waals surface area contributed by atoms with Crippen molar-refractivity contribution in [3.8, 4) is 0 Å². The second-order valence-electron chi connectivity index (χ2n) is 10.3. The van der Waals surface area contributed by atoms with Gasteiger partial charge in [-0.1, -0.05) is 100 Å². The Kier molecular flexibility index (Phi) is 11.0. The summed E-state index contributed by atoms with van der Waals surface area (Å²) in [6, 6.07) is 30.1. The summed E-state index contributed by atoms with van der Waals surface area (Å²) in [6.07, 6.45) is 0.235. The molecule has 0 aliphatic heterocycles. The lowest BCUT2D eigenvalue weighted by Gasteiger charge is -2.34. The smallest absolute Gasteiger partial charge is 0.264 e. The van der Waals surface area contributed by atoms with E-state index in [1.54, 1.807) is 42.5 Å². The van der Waals surface area contributed by atoms with Crippen LogP contribution in [0.5, 0.6) is 0 Å². The SMILES string of the molecule is CC(C)NC(=O)C(Cc1ccccc1)N(Cc1ccc(Br)cc1)C(=O)CN(c1ccccc1Cl)S(=O)(=O)c1ccccc1. The summed E-state index contributed by atoms with van der Waals surface area (Å²) in [4.78, 5) is 29.6. The molecule has 0 fully saturated rings. The number of carbonyl (C=O) groups excluding carboxylic acids is 2. The minimum Gasteiger partial charge on any atom is -0.352 e. The summed E-state index contributed by atoms with van der Waals surface area (Å²) in [5, 5.41) is 3.12. The molecule has 0 saturated carbocycles. The first-order valence-corrected chi connectivity index (χ1v) is 16.4. The van der Waals surface area contributed by atoms with Gasteiger partial charge in [0.25, 0.3) is 10.0 Å². The van der Waals surface area contributed by atoms with E-state index in [0.717, 1.165) is 19.9 Å². The van der Waals surface area contributed by atoms with E-state index >= 15 is 0 Å². The largest absolute Gasteiger partial charge is 0.352 e. The molecule has 1 N–H and O–H groups in total. The van der Waals surface area contributed by atoms with E-state index in [1.165, 1.54) is 17.0 Å². The van der Waals surface area contributed by atoms with Crippen molar-refractivity contribution in [2.75, 3.05) is 10.8 Å². The summed E-state index contributed by atoms with van der Waals surface area (Å²) in [6.45, 7) is 3.21. The molecule has 4 aromatic carbocycles. The molecule has 4 aromatic rings. The summed E-state index contributed by atoms with van der Waals surface area (Å²) in [5.74, 6) is -0.887. The van der Waals surface area contributed by atoms with Gasteiger partial charge in [-0.3, -0.25) is 13.9 Å². The zero-order valence-electron chi connectivity index (χ0n) is 23.9. The second kappa shape index (κ2) is 14.7. The van der Waals surface area contributed by atoms with E-state index in [-0.39, 0.29) is 40.5 Å². The number of nitrogens with zero attached hydrogens (tertiary/aromatic N) is 2. The maximum Gasteiger partial charge on any atom is 0.264 e. The van der Waals surface area contributed by atoms with Crippen LogP contribution >= 0.6 is 27.5 Å². The van der Waals surface area contributed by atoms with Gasteiger partial charge in [0.05, 0.1) is 15.6 Å². The Morgan fingerprint density at radius 2 is 1.40 bits per heavy atom. The Labute approximate surface area is 266 Å². The molecule has 0 heterocycles. The molecule has 0 radical (unpaired) electrons. The highest BCUT2D eigenvalue weighted by Gasteiger charge is 2.35. The van der Waals surface area contributed by atoms with Gasteiger partial charge in [-0.2, -0.15) is 0 Å². The third-order valence-corrected chi connectivity index (χ3v) is 9.32. The number of para-hydroxylation sites is 1. The van der Waals surface area contributed by atoms with Gasteiger partial charge < -0.3 is 10.2 Å². The molecular formula is C33H33BrClN3O4S. The molecule has 0 spiro atoms. The second-order valence-corrected chi connectivity index (χ2v) is 13.5. The third-order valence-electron chi connectivity index (χ3n) is 6.70. The topological polar surface area (TPSA) is 86.8 Å². The predicted octanol–water partition coefficient (Wildman–Crippen LogP) is 6.46. The van der Waals surface area contributed by atoms with E-state index in [4.69, 9.17) is 11.6 Å². The van der Waals surface area contributed by atoms with Crippen molar-refractivity contribution in [1.29, 1.82) is 0 Å². The third kappa shape index (κ3) is 8.46. The van der Waals surface area contributed by atoms with Crippen LogP contribution in [0.3, 0.4) is 0 Å². The van der Waals surface area contributed by atoms with Gasteiger partial charge in [0, 0.05) is 23.5 Å². The molecule has 0 aromatic heterocycles. The van der Waals surface area contributed by atoms with Crippen molar-refractivity contribution in [3.05, 3.63) is 130 Å². The molecule has 1 unspecified atom stereocenters. The van der Waals surface area contributed by atoms with Gasteiger partial charge in [0.1, 0.15) is 12.6 Å². The lowest BCUT2D eigenvalue weighted by Crippen LogP contribution is -2.54. The molecule has 1 atom stereocenters. The fraction of sp³-hybridized carbons (Fsp3) is 0.212. The molecule has 0 aliphatic carbocycles. The minimum absolute atomic E-state index is 0.0144. The van der Waals surface area contributed by atoms with E-state index < -0.39 is 28.5 Å². The zero-order chi connectivity index (χ0) is 31.0. The van der Waals surface area contributed by atoms with Crippen LogP contribution in [0.1, 0.15) is 25.0 Å². The molecular weight excluding hydrogens is 650 g/mol. The van der Waals surface area contributed by atoms with Crippen molar-refractivity contribution >= 4 is 55.1 Å². The van der Waals surface area contributed by atoms with Crippen LogP contribution in [0.15, 0.2) is 119 Å². The van der Waals surface area contributed by atoms with Gasteiger partial charge in [-0.25, -0.2) is 8.42 Å².